The summed E-state index contributed by atoms with van der Waals surface area (Å²) in [5.74, 6) is 0. The molecule has 1 aromatic carbocycles. The van der Waals surface area contributed by atoms with Crippen molar-refractivity contribution in [2.45, 2.75) is 31.3 Å². The van der Waals surface area contributed by atoms with Crippen LogP contribution in [0.25, 0.3) is 0 Å². The summed E-state index contributed by atoms with van der Waals surface area (Å²) in [4.78, 5) is 0.226. The Kier molecular flexibility index (Phi) is 4.95. The van der Waals surface area contributed by atoms with Gasteiger partial charge in [0.05, 0.1) is 11.3 Å². The summed E-state index contributed by atoms with van der Waals surface area (Å²) in [6.07, 6.45) is 0. The minimum absolute atomic E-state index is 0.0594. The van der Waals surface area contributed by atoms with Gasteiger partial charge in [0, 0.05) is 20.1 Å². The highest BCUT2D eigenvalue weighted by atomic mass is 32.2. The Morgan fingerprint density at radius 1 is 1.32 bits per heavy atom. The van der Waals surface area contributed by atoms with Crippen LogP contribution in [0.5, 0.6) is 0 Å². The summed E-state index contributed by atoms with van der Waals surface area (Å²) in [5.41, 5.74) is -0.519. The van der Waals surface area contributed by atoms with Gasteiger partial charge in [-0.05, 0) is 26.0 Å². The first-order chi connectivity index (χ1) is 8.72. The average molecular weight is 286 g/mol. The van der Waals surface area contributed by atoms with Crippen molar-refractivity contribution in [3.63, 3.8) is 0 Å². The molecule has 0 aliphatic rings. The highest BCUT2D eigenvalue weighted by Crippen LogP contribution is 2.25. The first-order valence-corrected chi connectivity index (χ1v) is 7.65. The first kappa shape index (κ1) is 15.9. The van der Waals surface area contributed by atoms with Crippen LogP contribution in [0.2, 0.25) is 0 Å². The maximum absolute atomic E-state index is 12.6. The van der Waals surface area contributed by atoms with Gasteiger partial charge in [0.25, 0.3) is 0 Å². The summed E-state index contributed by atoms with van der Waals surface area (Å²) in [5, 5.41) is 12.7. The Hall–Kier alpha value is -1.11. The Labute approximate surface area is 115 Å². The number of nitrogens with one attached hydrogen (secondary N) is 1. The summed E-state index contributed by atoms with van der Waals surface area (Å²) >= 11 is 0. The molecular formula is C13H22N2O3S. The van der Waals surface area contributed by atoms with Gasteiger partial charge in [-0.3, -0.25) is 0 Å². The number of benzene rings is 1. The Balaban J connectivity index is 3.21. The number of aliphatic hydroxyl groups is 1. The lowest BCUT2D eigenvalue weighted by Gasteiger charge is -2.28. The predicted molar refractivity (Wildman–Crippen MR) is 76.7 cm³/mol. The summed E-state index contributed by atoms with van der Waals surface area (Å²) in [6, 6.07) is 6.74. The number of sulfonamides is 1. The van der Waals surface area contributed by atoms with Crippen molar-refractivity contribution in [2.24, 2.45) is 0 Å². The quantitative estimate of drug-likeness (QED) is 0.831. The topological polar surface area (TPSA) is 69.6 Å². The molecule has 6 heteroatoms. The van der Waals surface area contributed by atoms with Crippen molar-refractivity contribution >= 4 is 15.7 Å². The lowest BCUT2D eigenvalue weighted by atomic mass is 10.1. The standard InChI is InChI=1S/C13H22N2O3S/c1-5-15(10-13(2,3)16)19(17,18)12-9-7-6-8-11(12)14-4/h6-9,14,16H,5,10H2,1-4H3. The Bertz CT molecular complexity index is 521. The molecule has 0 saturated heterocycles. The van der Waals surface area contributed by atoms with Gasteiger partial charge < -0.3 is 10.4 Å². The molecule has 0 amide bonds. The lowest BCUT2D eigenvalue weighted by Crippen LogP contribution is -2.42. The zero-order valence-corrected chi connectivity index (χ0v) is 12.7. The molecule has 0 spiro atoms. The van der Waals surface area contributed by atoms with E-state index in [2.05, 4.69) is 5.32 Å². The molecule has 0 aromatic heterocycles. The molecule has 0 fully saturated rings. The Morgan fingerprint density at radius 2 is 1.89 bits per heavy atom. The maximum Gasteiger partial charge on any atom is 0.245 e. The van der Waals surface area contributed by atoms with E-state index in [4.69, 9.17) is 0 Å². The van der Waals surface area contributed by atoms with Gasteiger partial charge >= 0.3 is 0 Å². The molecule has 108 valence electrons. The molecule has 1 aromatic rings. The van der Waals surface area contributed by atoms with Crippen molar-refractivity contribution in [3.05, 3.63) is 24.3 Å². The molecular weight excluding hydrogens is 264 g/mol. The highest BCUT2D eigenvalue weighted by Gasteiger charge is 2.29. The van der Waals surface area contributed by atoms with Crippen LogP contribution < -0.4 is 5.32 Å². The van der Waals surface area contributed by atoms with E-state index in [1.807, 2.05) is 0 Å². The second-order valence-electron chi connectivity index (χ2n) is 4.99. The second-order valence-corrected chi connectivity index (χ2v) is 6.90. The summed E-state index contributed by atoms with van der Waals surface area (Å²) in [7, 11) is -1.94. The molecule has 0 atom stereocenters. The normalized spacial score (nSPS) is 12.7. The molecule has 1 rings (SSSR count). The fraction of sp³-hybridized carbons (Fsp3) is 0.538. The van der Waals surface area contributed by atoms with E-state index >= 15 is 0 Å². The minimum Gasteiger partial charge on any atom is -0.389 e. The van der Waals surface area contributed by atoms with Gasteiger partial charge in [0.15, 0.2) is 0 Å². The minimum atomic E-state index is -3.62. The molecule has 0 heterocycles. The Morgan fingerprint density at radius 3 is 2.37 bits per heavy atom. The zero-order chi connectivity index (χ0) is 14.7. The van der Waals surface area contributed by atoms with Gasteiger partial charge in [-0.2, -0.15) is 4.31 Å². The summed E-state index contributed by atoms with van der Waals surface area (Å²) in [6.45, 7) is 5.31. The van der Waals surface area contributed by atoms with Crippen LogP contribution in [0.3, 0.4) is 0 Å². The largest absolute Gasteiger partial charge is 0.389 e. The zero-order valence-electron chi connectivity index (χ0n) is 11.8. The van der Waals surface area contributed by atoms with E-state index in [9.17, 15) is 13.5 Å². The van der Waals surface area contributed by atoms with Crippen molar-refractivity contribution < 1.29 is 13.5 Å². The van der Waals surface area contributed by atoms with Crippen LogP contribution in [0, 0.1) is 0 Å². The van der Waals surface area contributed by atoms with Gasteiger partial charge in [-0.1, -0.05) is 19.1 Å². The molecule has 0 bridgehead atoms. The number of hydrogen-bond donors (Lipinski definition) is 2. The number of para-hydroxylation sites is 1. The van der Waals surface area contributed by atoms with Crippen LogP contribution in [0.1, 0.15) is 20.8 Å². The molecule has 0 unspecified atom stereocenters. The van der Waals surface area contributed by atoms with E-state index in [0.29, 0.717) is 12.2 Å². The third-order valence-electron chi connectivity index (χ3n) is 2.69. The van der Waals surface area contributed by atoms with Gasteiger partial charge in [0.2, 0.25) is 10.0 Å². The summed E-state index contributed by atoms with van der Waals surface area (Å²) < 4.78 is 26.5. The third kappa shape index (κ3) is 3.92. The average Bonchev–Trinajstić information content (AvgIpc) is 2.34. The predicted octanol–water partition coefficient (Wildman–Crippen LogP) is 1.51. The molecule has 0 aliphatic carbocycles. The van der Waals surface area contributed by atoms with Gasteiger partial charge in [0.1, 0.15) is 4.90 Å². The second kappa shape index (κ2) is 5.90. The number of rotatable bonds is 6. The SMILES string of the molecule is CCN(CC(C)(C)O)S(=O)(=O)c1ccccc1NC. The molecule has 19 heavy (non-hydrogen) atoms. The number of nitrogens with zero attached hydrogens (tertiary/aromatic N) is 1. The fourth-order valence-corrected chi connectivity index (χ4v) is 3.64. The van der Waals surface area contributed by atoms with Crippen molar-refractivity contribution in [2.75, 3.05) is 25.5 Å². The molecule has 5 nitrogen and oxygen atoms in total. The van der Waals surface area contributed by atoms with Crippen molar-refractivity contribution in [1.82, 2.24) is 4.31 Å². The van der Waals surface area contributed by atoms with Crippen molar-refractivity contribution in [3.8, 4) is 0 Å². The third-order valence-corrected chi connectivity index (χ3v) is 4.67. The van der Waals surface area contributed by atoms with E-state index in [1.54, 1.807) is 52.1 Å². The van der Waals surface area contributed by atoms with E-state index < -0.39 is 15.6 Å². The lowest BCUT2D eigenvalue weighted by molar-refractivity contribution is 0.0601. The van der Waals surface area contributed by atoms with Crippen molar-refractivity contribution in [1.29, 1.82) is 0 Å². The van der Waals surface area contributed by atoms with Crippen LogP contribution in [0.4, 0.5) is 5.69 Å². The number of anilines is 1. The maximum atomic E-state index is 12.6. The smallest absolute Gasteiger partial charge is 0.245 e. The van der Waals surface area contributed by atoms with Gasteiger partial charge in [-0.25, -0.2) is 8.42 Å². The number of likely N-dealkylation sites (N-methyl/N-ethyl adjacent to an activating group) is 1. The van der Waals surface area contributed by atoms with Gasteiger partial charge in [-0.15, -0.1) is 0 Å². The molecule has 0 aliphatic heterocycles. The van der Waals surface area contributed by atoms with E-state index in [0.717, 1.165) is 0 Å². The van der Waals surface area contributed by atoms with E-state index in [1.165, 1.54) is 4.31 Å². The molecule has 0 radical (unpaired) electrons. The van der Waals surface area contributed by atoms with Crippen LogP contribution in [0.15, 0.2) is 29.2 Å². The first-order valence-electron chi connectivity index (χ1n) is 6.21. The number of hydrogen-bond acceptors (Lipinski definition) is 4. The highest BCUT2D eigenvalue weighted by molar-refractivity contribution is 7.89. The fourth-order valence-electron chi connectivity index (χ4n) is 1.84. The van der Waals surface area contributed by atoms with Crippen LogP contribution >= 0.6 is 0 Å². The van der Waals surface area contributed by atoms with E-state index in [-0.39, 0.29) is 11.4 Å². The molecule has 0 saturated carbocycles. The van der Waals surface area contributed by atoms with Crippen LogP contribution in [-0.2, 0) is 10.0 Å². The molecule has 2 N–H and O–H groups in total. The van der Waals surface area contributed by atoms with Crippen LogP contribution in [-0.4, -0.2) is 43.6 Å². The monoisotopic (exact) mass is 286 g/mol.